The number of aromatic nitrogens is 1. The monoisotopic (exact) mass is 286 g/mol. The van der Waals surface area contributed by atoms with E-state index in [9.17, 15) is 0 Å². The van der Waals surface area contributed by atoms with Gasteiger partial charge in [-0.3, -0.25) is 0 Å². The second kappa shape index (κ2) is 6.86. The van der Waals surface area contributed by atoms with E-state index in [1.807, 2.05) is 19.1 Å². The number of aliphatic hydroxyl groups is 1. The predicted molar refractivity (Wildman–Crippen MR) is 70.9 cm³/mol. The summed E-state index contributed by atoms with van der Waals surface area (Å²) in [6.07, 6.45) is 3.05. The molecular weight excluding hydrogens is 268 g/mol. The van der Waals surface area contributed by atoms with Gasteiger partial charge < -0.3 is 10.0 Å². The summed E-state index contributed by atoms with van der Waals surface area (Å²) in [6.45, 7) is 3.26. The van der Waals surface area contributed by atoms with Crippen LogP contribution >= 0.6 is 15.9 Å². The summed E-state index contributed by atoms with van der Waals surface area (Å²) in [4.78, 5) is 6.65. The Morgan fingerprint density at radius 2 is 2.06 bits per heavy atom. The molecular formula is C12H19BrN2O. The molecule has 1 aromatic heterocycles. The van der Waals surface area contributed by atoms with Gasteiger partial charge >= 0.3 is 0 Å². The summed E-state index contributed by atoms with van der Waals surface area (Å²) in [5.74, 6) is 1.00. The lowest BCUT2D eigenvalue weighted by Gasteiger charge is -2.18. The highest BCUT2D eigenvalue weighted by molar-refractivity contribution is 9.10. The van der Waals surface area contributed by atoms with Gasteiger partial charge in [0, 0.05) is 24.7 Å². The lowest BCUT2D eigenvalue weighted by atomic mass is 10.2. The maximum Gasteiger partial charge on any atom is 0.128 e. The summed E-state index contributed by atoms with van der Waals surface area (Å²) in [5, 5.41) is 8.68. The van der Waals surface area contributed by atoms with Crippen LogP contribution in [0.4, 0.5) is 5.82 Å². The first-order valence-electron chi connectivity index (χ1n) is 5.60. The van der Waals surface area contributed by atoms with Crippen molar-refractivity contribution in [2.75, 3.05) is 25.1 Å². The third-order valence-electron chi connectivity index (χ3n) is 2.55. The largest absolute Gasteiger partial charge is 0.396 e. The topological polar surface area (TPSA) is 36.4 Å². The number of hydrogen-bond acceptors (Lipinski definition) is 3. The molecule has 0 aliphatic rings. The molecule has 3 nitrogen and oxygen atoms in total. The SMILES string of the molecule is Cc1nc(N(C)CCCCCO)ccc1Br. The molecule has 0 spiro atoms. The lowest BCUT2D eigenvalue weighted by Crippen LogP contribution is -2.19. The highest BCUT2D eigenvalue weighted by Crippen LogP contribution is 2.18. The van der Waals surface area contributed by atoms with Gasteiger partial charge in [-0.1, -0.05) is 0 Å². The highest BCUT2D eigenvalue weighted by Gasteiger charge is 2.04. The molecule has 0 fully saturated rings. The van der Waals surface area contributed by atoms with Crippen molar-refractivity contribution in [2.24, 2.45) is 0 Å². The molecule has 0 amide bonds. The first kappa shape index (κ1) is 13.5. The van der Waals surface area contributed by atoms with E-state index < -0.39 is 0 Å². The Morgan fingerprint density at radius 1 is 1.31 bits per heavy atom. The van der Waals surface area contributed by atoms with E-state index in [1.165, 1.54) is 0 Å². The maximum atomic E-state index is 8.68. The quantitative estimate of drug-likeness (QED) is 0.817. The van der Waals surface area contributed by atoms with Gasteiger partial charge in [0.25, 0.3) is 0 Å². The van der Waals surface area contributed by atoms with E-state index in [2.05, 4.69) is 32.9 Å². The molecule has 1 aromatic rings. The van der Waals surface area contributed by atoms with Crippen LogP contribution in [-0.2, 0) is 0 Å². The smallest absolute Gasteiger partial charge is 0.128 e. The average molecular weight is 287 g/mol. The first-order valence-corrected chi connectivity index (χ1v) is 6.39. The molecule has 1 N–H and O–H groups in total. The predicted octanol–water partition coefficient (Wildman–Crippen LogP) is 2.75. The molecule has 0 saturated carbocycles. The van der Waals surface area contributed by atoms with Crippen molar-refractivity contribution in [1.29, 1.82) is 0 Å². The summed E-state index contributed by atoms with van der Waals surface area (Å²) in [7, 11) is 2.05. The molecule has 1 rings (SSSR count). The second-order valence-corrected chi connectivity index (χ2v) is 4.80. The first-order chi connectivity index (χ1) is 7.65. The molecule has 1 heterocycles. The zero-order valence-corrected chi connectivity index (χ0v) is 11.5. The molecule has 0 aromatic carbocycles. The number of anilines is 1. The van der Waals surface area contributed by atoms with Crippen LogP contribution in [0, 0.1) is 6.92 Å². The van der Waals surface area contributed by atoms with Gasteiger partial charge in [-0.25, -0.2) is 4.98 Å². The molecule has 0 aliphatic carbocycles. The van der Waals surface area contributed by atoms with Gasteiger partial charge in [-0.05, 0) is 54.2 Å². The third kappa shape index (κ3) is 4.10. The maximum absolute atomic E-state index is 8.68. The van der Waals surface area contributed by atoms with Crippen LogP contribution in [0.15, 0.2) is 16.6 Å². The number of pyridine rings is 1. The Labute approximate surface area is 106 Å². The summed E-state index contributed by atoms with van der Waals surface area (Å²) in [6, 6.07) is 4.05. The zero-order valence-electron chi connectivity index (χ0n) is 9.91. The van der Waals surface area contributed by atoms with Crippen molar-refractivity contribution < 1.29 is 5.11 Å². The minimum atomic E-state index is 0.291. The summed E-state index contributed by atoms with van der Waals surface area (Å²) < 4.78 is 1.05. The number of halogens is 1. The van der Waals surface area contributed by atoms with Gasteiger partial charge in [0.15, 0.2) is 0 Å². The second-order valence-electron chi connectivity index (χ2n) is 3.94. The van der Waals surface area contributed by atoms with Crippen LogP contribution < -0.4 is 4.90 Å². The zero-order chi connectivity index (χ0) is 12.0. The van der Waals surface area contributed by atoms with Crippen molar-refractivity contribution in [2.45, 2.75) is 26.2 Å². The van der Waals surface area contributed by atoms with Crippen molar-refractivity contribution in [3.05, 3.63) is 22.3 Å². The fourth-order valence-electron chi connectivity index (χ4n) is 1.50. The molecule has 90 valence electrons. The van der Waals surface area contributed by atoms with E-state index in [4.69, 9.17) is 5.11 Å². The van der Waals surface area contributed by atoms with E-state index >= 15 is 0 Å². The Balaban J connectivity index is 2.46. The molecule has 4 heteroatoms. The summed E-state index contributed by atoms with van der Waals surface area (Å²) >= 11 is 3.44. The van der Waals surface area contributed by atoms with E-state index in [1.54, 1.807) is 0 Å². The molecule has 0 saturated heterocycles. The third-order valence-corrected chi connectivity index (χ3v) is 3.39. The number of rotatable bonds is 6. The fourth-order valence-corrected chi connectivity index (χ4v) is 1.72. The van der Waals surface area contributed by atoms with Crippen molar-refractivity contribution in [3.8, 4) is 0 Å². The van der Waals surface area contributed by atoms with Gasteiger partial charge in [0.05, 0.1) is 5.69 Å². The standard InChI is InChI=1S/C12H19BrN2O/c1-10-11(13)6-7-12(14-10)15(2)8-4-3-5-9-16/h6-7,16H,3-5,8-9H2,1-2H3. The number of unbranched alkanes of at least 4 members (excludes halogenated alkanes) is 2. The summed E-state index contributed by atoms with van der Waals surface area (Å²) in [5.41, 5.74) is 1.01. The van der Waals surface area contributed by atoms with E-state index in [0.717, 1.165) is 41.8 Å². The fraction of sp³-hybridized carbons (Fsp3) is 0.583. The van der Waals surface area contributed by atoms with Gasteiger partial charge in [0.1, 0.15) is 5.82 Å². The van der Waals surface area contributed by atoms with Gasteiger partial charge in [0.2, 0.25) is 0 Å². The molecule has 0 aliphatic heterocycles. The Kier molecular flexibility index (Phi) is 5.77. The molecule has 0 bridgehead atoms. The van der Waals surface area contributed by atoms with Crippen LogP contribution in [0.1, 0.15) is 25.0 Å². The van der Waals surface area contributed by atoms with Crippen LogP contribution in [-0.4, -0.2) is 30.3 Å². The van der Waals surface area contributed by atoms with Crippen molar-refractivity contribution >= 4 is 21.7 Å². The number of nitrogens with zero attached hydrogens (tertiary/aromatic N) is 2. The van der Waals surface area contributed by atoms with Crippen LogP contribution in [0.3, 0.4) is 0 Å². The van der Waals surface area contributed by atoms with E-state index in [-0.39, 0.29) is 0 Å². The van der Waals surface area contributed by atoms with Crippen molar-refractivity contribution in [3.63, 3.8) is 0 Å². The Bertz CT molecular complexity index is 331. The lowest BCUT2D eigenvalue weighted by molar-refractivity contribution is 0.283. The van der Waals surface area contributed by atoms with Crippen molar-refractivity contribution in [1.82, 2.24) is 4.98 Å². The normalized spacial score (nSPS) is 10.5. The van der Waals surface area contributed by atoms with Gasteiger partial charge in [-0.2, -0.15) is 0 Å². The van der Waals surface area contributed by atoms with Gasteiger partial charge in [-0.15, -0.1) is 0 Å². The molecule has 0 radical (unpaired) electrons. The number of aliphatic hydroxyl groups excluding tert-OH is 1. The van der Waals surface area contributed by atoms with Crippen LogP contribution in [0.25, 0.3) is 0 Å². The Morgan fingerprint density at radius 3 is 2.69 bits per heavy atom. The number of hydrogen-bond donors (Lipinski definition) is 1. The highest BCUT2D eigenvalue weighted by atomic mass is 79.9. The molecule has 16 heavy (non-hydrogen) atoms. The minimum absolute atomic E-state index is 0.291. The average Bonchev–Trinajstić information content (AvgIpc) is 2.28. The minimum Gasteiger partial charge on any atom is -0.396 e. The van der Waals surface area contributed by atoms with Crippen LogP contribution in [0.2, 0.25) is 0 Å². The molecule has 0 unspecified atom stereocenters. The Hall–Kier alpha value is -0.610. The van der Waals surface area contributed by atoms with E-state index in [0.29, 0.717) is 6.61 Å². The van der Waals surface area contributed by atoms with Crippen LogP contribution in [0.5, 0.6) is 0 Å². The number of aryl methyl sites for hydroxylation is 1. The molecule has 0 atom stereocenters.